The van der Waals surface area contributed by atoms with Gasteiger partial charge in [0.05, 0.1) is 10.8 Å². The van der Waals surface area contributed by atoms with Crippen molar-refractivity contribution in [3.05, 3.63) is 29.3 Å². The number of rotatable bonds is 5. The number of amides is 1. The second kappa shape index (κ2) is 8.64. The van der Waals surface area contributed by atoms with E-state index < -0.39 is 0 Å². The molecule has 0 aliphatic rings. The van der Waals surface area contributed by atoms with Crippen LogP contribution >= 0.6 is 35.8 Å². The molecule has 1 rings (SSSR count). The van der Waals surface area contributed by atoms with E-state index in [9.17, 15) is 4.79 Å². The molecule has 0 aliphatic carbocycles. The van der Waals surface area contributed by atoms with Gasteiger partial charge in [-0.3, -0.25) is 4.79 Å². The molecule has 0 aliphatic heterocycles. The third-order valence-corrected chi connectivity index (χ3v) is 3.47. The number of thioether (sulfide) groups is 1. The largest absolute Gasteiger partial charge is 0.352 e. The summed E-state index contributed by atoms with van der Waals surface area (Å²) in [7, 11) is 0. The molecule has 0 saturated heterocycles. The van der Waals surface area contributed by atoms with Gasteiger partial charge in [-0.1, -0.05) is 23.7 Å². The van der Waals surface area contributed by atoms with E-state index in [4.69, 9.17) is 17.3 Å². The predicted octanol–water partition coefficient (Wildman–Crippen LogP) is 2.32. The second-order valence-corrected chi connectivity index (χ2v) is 4.85. The van der Waals surface area contributed by atoms with Crippen molar-refractivity contribution in [2.24, 2.45) is 5.73 Å². The van der Waals surface area contributed by atoms with Crippen LogP contribution < -0.4 is 11.1 Å². The molecule has 0 spiro atoms. The van der Waals surface area contributed by atoms with Gasteiger partial charge < -0.3 is 11.1 Å². The Morgan fingerprint density at radius 3 is 2.76 bits per heavy atom. The van der Waals surface area contributed by atoms with Crippen LogP contribution in [0, 0.1) is 0 Å². The average Bonchev–Trinajstić information content (AvgIpc) is 2.28. The molecule has 1 amide bonds. The molecular formula is C11H16Cl2N2OS. The summed E-state index contributed by atoms with van der Waals surface area (Å²) >= 11 is 7.39. The molecule has 0 unspecified atom stereocenters. The topological polar surface area (TPSA) is 55.1 Å². The van der Waals surface area contributed by atoms with Crippen LogP contribution in [0.25, 0.3) is 0 Å². The summed E-state index contributed by atoms with van der Waals surface area (Å²) in [5, 5.41) is 3.46. The Balaban J connectivity index is 0.00000256. The van der Waals surface area contributed by atoms with Gasteiger partial charge in [-0.2, -0.15) is 0 Å². The summed E-state index contributed by atoms with van der Waals surface area (Å²) in [6.07, 6.45) is 0. The van der Waals surface area contributed by atoms with Crippen LogP contribution in [-0.2, 0) is 4.79 Å². The molecule has 6 heteroatoms. The third-order valence-electron chi connectivity index (χ3n) is 1.96. The van der Waals surface area contributed by atoms with Crippen LogP contribution in [0.4, 0.5) is 0 Å². The van der Waals surface area contributed by atoms with Crippen LogP contribution in [0.2, 0.25) is 5.02 Å². The van der Waals surface area contributed by atoms with Gasteiger partial charge in [0.15, 0.2) is 0 Å². The standard InChI is InChI=1S/C11H15ClN2OS.ClH/c1-8(6-13)14-11(15)7-16-10-5-3-2-4-9(10)12;/h2-5,8H,6-7,13H2,1H3,(H,14,15);1H/t8-;/m0./s1. The first-order valence-electron chi connectivity index (χ1n) is 5.00. The van der Waals surface area contributed by atoms with E-state index in [2.05, 4.69) is 5.32 Å². The predicted molar refractivity (Wildman–Crippen MR) is 76.1 cm³/mol. The lowest BCUT2D eigenvalue weighted by Gasteiger charge is -2.11. The van der Waals surface area contributed by atoms with Crippen LogP contribution in [0.3, 0.4) is 0 Å². The first-order valence-corrected chi connectivity index (χ1v) is 6.36. The third kappa shape index (κ3) is 6.17. The lowest BCUT2D eigenvalue weighted by molar-refractivity contribution is -0.119. The Bertz CT molecular complexity index is 363. The lowest BCUT2D eigenvalue weighted by Crippen LogP contribution is -2.38. The molecule has 96 valence electrons. The molecule has 0 saturated carbocycles. The van der Waals surface area contributed by atoms with Gasteiger partial charge in [0.2, 0.25) is 5.91 Å². The number of benzene rings is 1. The average molecular weight is 295 g/mol. The number of nitrogens with two attached hydrogens (primary N) is 1. The molecular weight excluding hydrogens is 279 g/mol. The molecule has 0 bridgehead atoms. The summed E-state index contributed by atoms with van der Waals surface area (Å²) in [5.41, 5.74) is 5.41. The van der Waals surface area contributed by atoms with Gasteiger partial charge in [-0.25, -0.2) is 0 Å². The van der Waals surface area contributed by atoms with Crippen molar-refractivity contribution in [2.75, 3.05) is 12.3 Å². The van der Waals surface area contributed by atoms with E-state index in [-0.39, 0.29) is 24.4 Å². The molecule has 0 aromatic heterocycles. The maximum atomic E-state index is 11.5. The van der Waals surface area contributed by atoms with E-state index in [1.165, 1.54) is 11.8 Å². The number of halogens is 2. The van der Waals surface area contributed by atoms with Gasteiger partial charge in [0.1, 0.15) is 0 Å². The van der Waals surface area contributed by atoms with Crippen molar-refractivity contribution in [3.63, 3.8) is 0 Å². The quantitative estimate of drug-likeness (QED) is 0.820. The van der Waals surface area contributed by atoms with Crippen molar-refractivity contribution in [1.82, 2.24) is 5.32 Å². The van der Waals surface area contributed by atoms with Crippen LogP contribution in [0.5, 0.6) is 0 Å². The summed E-state index contributed by atoms with van der Waals surface area (Å²) in [6, 6.07) is 7.48. The second-order valence-electron chi connectivity index (χ2n) is 3.42. The minimum Gasteiger partial charge on any atom is -0.352 e. The summed E-state index contributed by atoms with van der Waals surface area (Å²) in [5.74, 6) is 0.330. The molecule has 0 fully saturated rings. The maximum Gasteiger partial charge on any atom is 0.230 e. The van der Waals surface area contributed by atoms with E-state index in [1.807, 2.05) is 31.2 Å². The Kier molecular flexibility index (Phi) is 8.43. The van der Waals surface area contributed by atoms with Crippen LogP contribution in [-0.4, -0.2) is 24.2 Å². The first-order chi connectivity index (χ1) is 7.63. The first kappa shape index (κ1) is 16.6. The van der Waals surface area contributed by atoms with Crippen molar-refractivity contribution in [3.8, 4) is 0 Å². The fourth-order valence-corrected chi connectivity index (χ4v) is 2.13. The zero-order valence-electron chi connectivity index (χ0n) is 9.48. The minimum absolute atomic E-state index is 0. The molecule has 1 atom stereocenters. The van der Waals surface area contributed by atoms with Crippen molar-refractivity contribution >= 4 is 41.7 Å². The number of carbonyl (C=O) groups is 1. The fourth-order valence-electron chi connectivity index (χ4n) is 1.08. The lowest BCUT2D eigenvalue weighted by atomic mass is 10.3. The molecule has 0 heterocycles. The highest BCUT2D eigenvalue weighted by molar-refractivity contribution is 8.00. The summed E-state index contributed by atoms with van der Waals surface area (Å²) in [4.78, 5) is 12.4. The van der Waals surface area contributed by atoms with Crippen molar-refractivity contribution < 1.29 is 4.79 Å². The minimum atomic E-state index is -0.0251. The van der Waals surface area contributed by atoms with Crippen molar-refractivity contribution in [2.45, 2.75) is 17.9 Å². The maximum absolute atomic E-state index is 11.5. The van der Waals surface area contributed by atoms with Gasteiger partial charge in [0.25, 0.3) is 0 Å². The molecule has 0 radical (unpaired) electrons. The Morgan fingerprint density at radius 1 is 1.53 bits per heavy atom. The van der Waals surface area contributed by atoms with Gasteiger partial charge >= 0.3 is 0 Å². The monoisotopic (exact) mass is 294 g/mol. The zero-order chi connectivity index (χ0) is 12.0. The Labute approximate surface area is 117 Å². The van der Waals surface area contributed by atoms with Gasteiger partial charge in [0, 0.05) is 17.5 Å². The van der Waals surface area contributed by atoms with Crippen LogP contribution in [0.15, 0.2) is 29.2 Å². The molecule has 3 nitrogen and oxygen atoms in total. The smallest absolute Gasteiger partial charge is 0.230 e. The molecule has 1 aromatic carbocycles. The highest BCUT2D eigenvalue weighted by atomic mass is 35.5. The van der Waals surface area contributed by atoms with Crippen LogP contribution in [0.1, 0.15) is 6.92 Å². The molecule has 3 N–H and O–H groups in total. The normalized spacial score (nSPS) is 11.5. The highest BCUT2D eigenvalue weighted by Crippen LogP contribution is 2.26. The SMILES string of the molecule is C[C@@H](CN)NC(=O)CSc1ccccc1Cl.Cl. The Morgan fingerprint density at radius 2 is 2.18 bits per heavy atom. The summed E-state index contributed by atoms with van der Waals surface area (Å²) < 4.78 is 0. The highest BCUT2D eigenvalue weighted by Gasteiger charge is 2.07. The van der Waals surface area contributed by atoms with Gasteiger partial charge in [-0.05, 0) is 19.1 Å². The van der Waals surface area contributed by atoms with E-state index in [1.54, 1.807) is 0 Å². The molecule has 17 heavy (non-hydrogen) atoms. The molecule has 1 aromatic rings. The number of nitrogens with one attached hydrogen (secondary N) is 1. The number of hydrogen-bond acceptors (Lipinski definition) is 3. The van der Waals surface area contributed by atoms with E-state index >= 15 is 0 Å². The Hall–Kier alpha value is -0.420. The zero-order valence-corrected chi connectivity index (χ0v) is 11.9. The van der Waals surface area contributed by atoms with Gasteiger partial charge in [-0.15, -0.1) is 24.2 Å². The number of carbonyl (C=O) groups excluding carboxylic acids is 1. The van der Waals surface area contributed by atoms with E-state index in [0.717, 1.165) is 4.90 Å². The summed E-state index contributed by atoms with van der Waals surface area (Å²) in [6.45, 7) is 2.32. The fraction of sp³-hybridized carbons (Fsp3) is 0.364. The number of hydrogen-bond donors (Lipinski definition) is 2. The van der Waals surface area contributed by atoms with Crippen molar-refractivity contribution in [1.29, 1.82) is 0 Å². The van der Waals surface area contributed by atoms with E-state index in [0.29, 0.717) is 17.3 Å².